The molecule has 29 heavy (non-hydrogen) atoms. The zero-order valence-corrected chi connectivity index (χ0v) is 16.9. The number of rotatable bonds is 6. The van der Waals surface area contributed by atoms with E-state index in [0.29, 0.717) is 43.5 Å². The Morgan fingerprint density at radius 2 is 2.28 bits per heavy atom. The Labute approximate surface area is 168 Å². The van der Waals surface area contributed by atoms with Crippen molar-refractivity contribution in [3.63, 3.8) is 0 Å². The second-order valence-electron chi connectivity index (χ2n) is 7.85. The Morgan fingerprint density at radius 1 is 1.45 bits per heavy atom. The van der Waals surface area contributed by atoms with E-state index in [1.54, 1.807) is 28.8 Å². The van der Waals surface area contributed by atoms with Crippen LogP contribution in [0.5, 0.6) is 0 Å². The quantitative estimate of drug-likeness (QED) is 0.749. The van der Waals surface area contributed by atoms with Gasteiger partial charge in [-0.25, -0.2) is 0 Å². The molecule has 2 aromatic heterocycles. The molecule has 10 nitrogen and oxygen atoms in total. The summed E-state index contributed by atoms with van der Waals surface area (Å²) in [4.78, 5) is 31.4. The maximum absolute atomic E-state index is 12.8. The van der Waals surface area contributed by atoms with Crippen molar-refractivity contribution < 1.29 is 18.8 Å². The van der Waals surface area contributed by atoms with Gasteiger partial charge in [0.25, 0.3) is 5.91 Å². The van der Waals surface area contributed by atoms with Gasteiger partial charge in [0.05, 0.1) is 5.41 Å². The molecule has 4 rings (SSSR count). The molecule has 0 aromatic carbocycles. The average Bonchev–Trinajstić information content (AvgIpc) is 3.43. The van der Waals surface area contributed by atoms with Crippen LogP contribution in [0.2, 0.25) is 0 Å². The lowest BCUT2D eigenvalue weighted by atomic mass is 9.80. The molecule has 3 atom stereocenters. The lowest BCUT2D eigenvalue weighted by Crippen LogP contribution is -2.40. The van der Waals surface area contributed by atoms with Gasteiger partial charge in [-0.1, -0.05) is 5.16 Å². The molecule has 2 aliphatic rings. The Kier molecular flexibility index (Phi) is 5.12. The highest BCUT2D eigenvalue weighted by Gasteiger charge is 2.58. The number of nitrogens with one attached hydrogen (secondary N) is 1. The predicted molar refractivity (Wildman–Crippen MR) is 101 cm³/mol. The first-order chi connectivity index (χ1) is 14.0. The van der Waals surface area contributed by atoms with Crippen LogP contribution in [0, 0.1) is 12.8 Å². The SMILES string of the molecule is CCn1nccc1C(=O)N[C@@H]1C[C@H]2CN(C(=O)COC)C[C@@]2(c2nc(C)no2)C1. The largest absolute Gasteiger partial charge is 0.375 e. The van der Waals surface area contributed by atoms with Crippen LogP contribution in [-0.4, -0.2) is 69.5 Å². The van der Waals surface area contributed by atoms with Crippen LogP contribution in [0.3, 0.4) is 0 Å². The number of nitrogens with zero attached hydrogens (tertiary/aromatic N) is 5. The van der Waals surface area contributed by atoms with Crippen molar-refractivity contribution in [2.24, 2.45) is 5.92 Å². The molecule has 1 N–H and O–H groups in total. The summed E-state index contributed by atoms with van der Waals surface area (Å²) in [6, 6.07) is 1.68. The van der Waals surface area contributed by atoms with Gasteiger partial charge in [-0.2, -0.15) is 10.1 Å². The molecule has 1 saturated heterocycles. The van der Waals surface area contributed by atoms with E-state index in [9.17, 15) is 9.59 Å². The van der Waals surface area contributed by atoms with Gasteiger partial charge in [0.2, 0.25) is 11.8 Å². The first-order valence-corrected chi connectivity index (χ1v) is 9.87. The summed E-state index contributed by atoms with van der Waals surface area (Å²) < 4.78 is 12.2. The lowest BCUT2D eigenvalue weighted by molar-refractivity contribution is -0.134. The molecule has 2 fully saturated rings. The Balaban J connectivity index is 1.54. The third-order valence-corrected chi connectivity index (χ3v) is 6.03. The number of likely N-dealkylation sites (tertiary alicyclic amines) is 1. The summed E-state index contributed by atoms with van der Waals surface area (Å²) in [7, 11) is 1.51. The number of hydrogen-bond acceptors (Lipinski definition) is 7. The summed E-state index contributed by atoms with van der Waals surface area (Å²) in [5.74, 6) is 1.05. The second-order valence-corrected chi connectivity index (χ2v) is 7.85. The number of ether oxygens (including phenoxy) is 1. The first kappa shape index (κ1) is 19.6. The third-order valence-electron chi connectivity index (χ3n) is 6.03. The normalized spacial score (nSPS) is 26.0. The summed E-state index contributed by atoms with van der Waals surface area (Å²) in [5, 5.41) is 11.3. The van der Waals surface area contributed by atoms with Crippen LogP contribution < -0.4 is 5.32 Å². The summed E-state index contributed by atoms with van der Waals surface area (Å²) in [6.07, 6.45) is 3.01. The summed E-state index contributed by atoms with van der Waals surface area (Å²) in [6.45, 7) is 5.48. The fourth-order valence-electron chi connectivity index (χ4n) is 4.75. The van der Waals surface area contributed by atoms with E-state index in [2.05, 4.69) is 20.6 Å². The fourth-order valence-corrected chi connectivity index (χ4v) is 4.75. The average molecular weight is 402 g/mol. The maximum Gasteiger partial charge on any atom is 0.269 e. The molecule has 1 aliphatic heterocycles. The zero-order valence-electron chi connectivity index (χ0n) is 16.9. The number of carbonyl (C=O) groups is 2. The molecule has 0 radical (unpaired) electrons. The minimum Gasteiger partial charge on any atom is -0.375 e. The van der Waals surface area contributed by atoms with Crippen LogP contribution in [0.1, 0.15) is 42.0 Å². The van der Waals surface area contributed by atoms with E-state index in [1.165, 1.54) is 7.11 Å². The van der Waals surface area contributed by atoms with E-state index in [-0.39, 0.29) is 30.4 Å². The van der Waals surface area contributed by atoms with E-state index in [0.717, 1.165) is 6.42 Å². The van der Waals surface area contributed by atoms with Crippen LogP contribution in [-0.2, 0) is 21.5 Å². The molecule has 2 aromatic rings. The smallest absolute Gasteiger partial charge is 0.269 e. The van der Waals surface area contributed by atoms with Gasteiger partial charge >= 0.3 is 0 Å². The molecular formula is C19H26N6O4. The highest BCUT2D eigenvalue weighted by Crippen LogP contribution is 2.50. The van der Waals surface area contributed by atoms with Gasteiger partial charge in [-0.15, -0.1) is 0 Å². The van der Waals surface area contributed by atoms with Crippen LogP contribution >= 0.6 is 0 Å². The van der Waals surface area contributed by atoms with Gasteiger partial charge in [0, 0.05) is 39.0 Å². The second kappa shape index (κ2) is 7.58. The topological polar surface area (TPSA) is 115 Å². The van der Waals surface area contributed by atoms with Crippen molar-refractivity contribution in [2.45, 2.75) is 44.7 Å². The first-order valence-electron chi connectivity index (χ1n) is 9.87. The molecule has 1 aliphatic carbocycles. The standard InChI is InChI=1S/C19H26N6O4/c1-4-25-15(5-6-20-25)17(27)22-14-7-13-9-24(16(26)10-28-3)11-19(13,8-14)18-21-12(2)23-29-18/h5-6,13-14H,4,7-11H2,1-3H3,(H,22,27)/t13-,14+,19-/m0/s1. The molecule has 156 valence electrons. The zero-order chi connectivity index (χ0) is 20.6. The van der Waals surface area contributed by atoms with Gasteiger partial charge in [-0.05, 0) is 38.7 Å². The number of carbonyl (C=O) groups excluding carboxylic acids is 2. The van der Waals surface area contributed by atoms with Crippen molar-refractivity contribution in [3.8, 4) is 0 Å². The van der Waals surface area contributed by atoms with Crippen molar-refractivity contribution >= 4 is 11.8 Å². The molecule has 10 heteroatoms. The number of aromatic nitrogens is 4. The molecular weight excluding hydrogens is 376 g/mol. The lowest BCUT2D eigenvalue weighted by Gasteiger charge is -2.25. The minimum absolute atomic E-state index is 0.0420. The fraction of sp³-hybridized carbons (Fsp3) is 0.632. The molecule has 0 unspecified atom stereocenters. The summed E-state index contributed by atoms with van der Waals surface area (Å²) >= 11 is 0. The Morgan fingerprint density at radius 3 is 2.97 bits per heavy atom. The molecule has 3 heterocycles. The number of hydrogen-bond donors (Lipinski definition) is 1. The monoisotopic (exact) mass is 402 g/mol. The number of methoxy groups -OCH3 is 1. The van der Waals surface area contributed by atoms with Crippen LogP contribution in [0.15, 0.2) is 16.8 Å². The van der Waals surface area contributed by atoms with Crippen molar-refractivity contribution in [1.82, 2.24) is 30.1 Å². The molecule has 0 spiro atoms. The van der Waals surface area contributed by atoms with E-state index < -0.39 is 5.41 Å². The number of amides is 2. The Bertz CT molecular complexity index is 908. The highest BCUT2D eigenvalue weighted by atomic mass is 16.5. The Hall–Kier alpha value is -2.75. The predicted octanol–water partition coefficient (Wildman–Crippen LogP) is 0.529. The van der Waals surface area contributed by atoms with Crippen molar-refractivity contribution in [3.05, 3.63) is 29.7 Å². The maximum atomic E-state index is 12.8. The summed E-state index contributed by atoms with van der Waals surface area (Å²) in [5.41, 5.74) is 0.0947. The number of aryl methyl sites for hydroxylation is 2. The van der Waals surface area contributed by atoms with E-state index in [4.69, 9.17) is 9.26 Å². The molecule has 1 saturated carbocycles. The van der Waals surface area contributed by atoms with Crippen molar-refractivity contribution in [2.75, 3.05) is 26.8 Å². The van der Waals surface area contributed by atoms with Gasteiger partial charge in [-0.3, -0.25) is 14.3 Å². The van der Waals surface area contributed by atoms with Crippen LogP contribution in [0.4, 0.5) is 0 Å². The van der Waals surface area contributed by atoms with Gasteiger partial charge in [0.1, 0.15) is 12.3 Å². The number of fused-ring (bicyclic) bond motifs is 1. The van der Waals surface area contributed by atoms with Crippen molar-refractivity contribution in [1.29, 1.82) is 0 Å². The molecule has 0 bridgehead atoms. The van der Waals surface area contributed by atoms with Gasteiger partial charge < -0.3 is 19.5 Å². The minimum atomic E-state index is -0.451. The van der Waals surface area contributed by atoms with E-state index in [1.807, 2.05) is 6.92 Å². The third kappa shape index (κ3) is 3.41. The van der Waals surface area contributed by atoms with E-state index >= 15 is 0 Å². The highest BCUT2D eigenvalue weighted by molar-refractivity contribution is 5.92. The molecule has 2 amide bonds. The van der Waals surface area contributed by atoms with Crippen LogP contribution in [0.25, 0.3) is 0 Å². The van der Waals surface area contributed by atoms with Gasteiger partial charge in [0.15, 0.2) is 5.82 Å².